The quantitative estimate of drug-likeness (QED) is 0.564. The summed E-state index contributed by atoms with van der Waals surface area (Å²) in [6, 6.07) is 0.413. The molecule has 1 fully saturated rings. The molecule has 0 amide bonds. The number of hydrogen-bond acceptors (Lipinski definition) is 8. The predicted octanol–water partition coefficient (Wildman–Crippen LogP) is 0.114. The Morgan fingerprint density at radius 3 is 2.67 bits per heavy atom. The molecule has 2 rings (SSSR count). The fourth-order valence-corrected chi connectivity index (χ4v) is 1.59. The van der Waals surface area contributed by atoms with Crippen LogP contribution in [0.25, 0.3) is 0 Å². The number of nitrogens with one attached hydrogen (secondary N) is 1. The molecule has 8 heteroatoms. The fourth-order valence-electron chi connectivity index (χ4n) is 1.59. The molecule has 0 aromatic carbocycles. The summed E-state index contributed by atoms with van der Waals surface area (Å²) in [7, 11) is 0. The minimum absolute atomic E-state index is 0.0567. The van der Waals surface area contributed by atoms with Crippen molar-refractivity contribution >= 4 is 5.95 Å². The average molecular weight is 255 g/mol. The summed E-state index contributed by atoms with van der Waals surface area (Å²) in [5.41, 5.74) is 2.36. The van der Waals surface area contributed by atoms with E-state index in [1.807, 2.05) is 6.92 Å². The molecule has 0 unspecified atom stereocenters. The zero-order valence-electron chi connectivity index (χ0n) is 10.3. The lowest BCUT2D eigenvalue weighted by Gasteiger charge is -2.22. The summed E-state index contributed by atoms with van der Waals surface area (Å²) in [5, 5.41) is 0. The van der Waals surface area contributed by atoms with E-state index in [1.165, 1.54) is 0 Å². The smallest absolute Gasteiger partial charge is 0.324 e. The standard InChI is InChI=1S/C10H17N5O3/c1-2-17-9-12-8(15-11)13-10(14-9)18-7-3-5-16-6-4-7/h7H,2-6,11H2,1H3,(H,12,13,14,15). The number of nitrogens with two attached hydrogens (primary N) is 1. The van der Waals surface area contributed by atoms with Crippen LogP contribution in [0.5, 0.6) is 12.0 Å². The third-order valence-electron chi connectivity index (χ3n) is 2.44. The van der Waals surface area contributed by atoms with Gasteiger partial charge < -0.3 is 14.2 Å². The van der Waals surface area contributed by atoms with Crippen molar-refractivity contribution in [3.05, 3.63) is 0 Å². The zero-order valence-corrected chi connectivity index (χ0v) is 10.3. The van der Waals surface area contributed by atoms with E-state index in [0.29, 0.717) is 19.8 Å². The number of anilines is 1. The molecule has 0 spiro atoms. The van der Waals surface area contributed by atoms with Crippen LogP contribution in [-0.2, 0) is 4.74 Å². The first-order valence-electron chi connectivity index (χ1n) is 5.91. The van der Waals surface area contributed by atoms with Gasteiger partial charge in [0.1, 0.15) is 6.10 Å². The zero-order chi connectivity index (χ0) is 12.8. The van der Waals surface area contributed by atoms with Gasteiger partial charge in [-0.3, -0.25) is 5.43 Å². The topological polar surface area (TPSA) is 104 Å². The monoisotopic (exact) mass is 255 g/mol. The maximum absolute atomic E-state index is 5.67. The minimum atomic E-state index is 0.0567. The van der Waals surface area contributed by atoms with Crippen LogP contribution in [0.3, 0.4) is 0 Å². The van der Waals surface area contributed by atoms with Gasteiger partial charge in [0.05, 0.1) is 19.8 Å². The summed E-state index contributed by atoms with van der Waals surface area (Å²) in [5.74, 6) is 5.50. The second-order valence-corrected chi connectivity index (χ2v) is 3.73. The normalized spacial score (nSPS) is 16.3. The molecule has 0 radical (unpaired) electrons. The van der Waals surface area contributed by atoms with E-state index in [9.17, 15) is 0 Å². The third-order valence-corrected chi connectivity index (χ3v) is 2.44. The van der Waals surface area contributed by atoms with Crippen molar-refractivity contribution in [2.24, 2.45) is 5.84 Å². The Bertz CT molecular complexity index is 384. The van der Waals surface area contributed by atoms with Gasteiger partial charge in [-0.25, -0.2) is 5.84 Å². The summed E-state index contributed by atoms with van der Waals surface area (Å²) in [6.07, 6.45) is 1.70. The highest BCUT2D eigenvalue weighted by Crippen LogP contribution is 2.17. The Balaban J connectivity index is 2.07. The minimum Gasteiger partial charge on any atom is -0.464 e. The van der Waals surface area contributed by atoms with Crippen molar-refractivity contribution in [3.63, 3.8) is 0 Å². The Kier molecular flexibility index (Phi) is 4.48. The van der Waals surface area contributed by atoms with Crippen LogP contribution in [0.2, 0.25) is 0 Å². The van der Waals surface area contributed by atoms with Crippen LogP contribution in [0.4, 0.5) is 5.95 Å². The van der Waals surface area contributed by atoms with E-state index >= 15 is 0 Å². The largest absolute Gasteiger partial charge is 0.464 e. The van der Waals surface area contributed by atoms with Crippen molar-refractivity contribution in [1.82, 2.24) is 15.0 Å². The van der Waals surface area contributed by atoms with Crippen molar-refractivity contribution < 1.29 is 14.2 Å². The molecular formula is C10H17N5O3. The van der Waals surface area contributed by atoms with Crippen LogP contribution in [0, 0.1) is 0 Å². The molecule has 0 saturated carbocycles. The van der Waals surface area contributed by atoms with Crippen LogP contribution in [0.15, 0.2) is 0 Å². The van der Waals surface area contributed by atoms with Gasteiger partial charge in [0.15, 0.2) is 0 Å². The molecule has 3 N–H and O–H groups in total. The van der Waals surface area contributed by atoms with E-state index in [0.717, 1.165) is 12.8 Å². The molecule has 1 aliphatic rings. The highest BCUT2D eigenvalue weighted by atomic mass is 16.5. The Hall–Kier alpha value is -1.67. The SMILES string of the molecule is CCOc1nc(NN)nc(OC2CCOCC2)n1. The number of hydrogen-bond donors (Lipinski definition) is 2. The van der Waals surface area contributed by atoms with Crippen LogP contribution < -0.4 is 20.7 Å². The van der Waals surface area contributed by atoms with E-state index in [-0.39, 0.29) is 24.1 Å². The Morgan fingerprint density at radius 1 is 1.28 bits per heavy atom. The number of nitrogens with zero attached hydrogens (tertiary/aromatic N) is 3. The van der Waals surface area contributed by atoms with Gasteiger partial charge in [0.25, 0.3) is 0 Å². The first-order valence-corrected chi connectivity index (χ1v) is 5.91. The summed E-state index contributed by atoms with van der Waals surface area (Å²) >= 11 is 0. The van der Waals surface area contributed by atoms with E-state index in [4.69, 9.17) is 20.1 Å². The van der Waals surface area contributed by atoms with E-state index < -0.39 is 0 Å². The van der Waals surface area contributed by atoms with Gasteiger partial charge in [-0.15, -0.1) is 4.98 Å². The first kappa shape index (κ1) is 12.8. The lowest BCUT2D eigenvalue weighted by Crippen LogP contribution is -2.27. The molecule has 0 aliphatic carbocycles. The number of hydrazine groups is 1. The molecular weight excluding hydrogens is 238 g/mol. The molecule has 18 heavy (non-hydrogen) atoms. The molecule has 2 heterocycles. The van der Waals surface area contributed by atoms with Crippen LogP contribution in [0.1, 0.15) is 19.8 Å². The second-order valence-electron chi connectivity index (χ2n) is 3.73. The van der Waals surface area contributed by atoms with E-state index in [2.05, 4.69) is 20.4 Å². The Labute approximate surface area is 105 Å². The highest BCUT2D eigenvalue weighted by molar-refractivity contribution is 5.25. The molecule has 1 aromatic heterocycles. The second kappa shape index (κ2) is 6.31. The number of ether oxygens (including phenoxy) is 3. The number of nitrogen functional groups attached to an aromatic ring is 1. The summed E-state index contributed by atoms with van der Waals surface area (Å²) in [4.78, 5) is 12.0. The average Bonchev–Trinajstić information content (AvgIpc) is 2.40. The van der Waals surface area contributed by atoms with Crippen molar-refractivity contribution in [2.45, 2.75) is 25.9 Å². The molecule has 0 atom stereocenters. The lowest BCUT2D eigenvalue weighted by atomic mass is 10.2. The molecule has 1 aliphatic heterocycles. The Morgan fingerprint density at radius 2 is 2.00 bits per heavy atom. The van der Waals surface area contributed by atoms with Gasteiger partial charge in [0.2, 0.25) is 5.95 Å². The third kappa shape index (κ3) is 3.41. The van der Waals surface area contributed by atoms with Crippen molar-refractivity contribution in [3.8, 4) is 12.0 Å². The summed E-state index contributed by atoms with van der Waals surface area (Å²) in [6.45, 7) is 3.69. The number of rotatable bonds is 5. The number of aromatic nitrogens is 3. The molecule has 0 bridgehead atoms. The highest BCUT2D eigenvalue weighted by Gasteiger charge is 2.18. The van der Waals surface area contributed by atoms with Crippen LogP contribution in [-0.4, -0.2) is 40.9 Å². The van der Waals surface area contributed by atoms with Crippen LogP contribution >= 0.6 is 0 Å². The van der Waals surface area contributed by atoms with E-state index in [1.54, 1.807) is 0 Å². The molecule has 8 nitrogen and oxygen atoms in total. The fraction of sp³-hybridized carbons (Fsp3) is 0.700. The van der Waals surface area contributed by atoms with Gasteiger partial charge in [-0.05, 0) is 6.92 Å². The predicted molar refractivity (Wildman–Crippen MR) is 63.3 cm³/mol. The van der Waals surface area contributed by atoms with Crippen molar-refractivity contribution in [2.75, 3.05) is 25.2 Å². The molecule has 100 valence electrons. The van der Waals surface area contributed by atoms with Gasteiger partial charge in [0, 0.05) is 12.8 Å². The lowest BCUT2D eigenvalue weighted by molar-refractivity contribution is 0.0213. The van der Waals surface area contributed by atoms with Gasteiger partial charge in [-0.2, -0.15) is 9.97 Å². The van der Waals surface area contributed by atoms with Gasteiger partial charge in [-0.1, -0.05) is 0 Å². The maximum Gasteiger partial charge on any atom is 0.324 e. The first-order chi connectivity index (χ1) is 8.81. The van der Waals surface area contributed by atoms with Crippen molar-refractivity contribution in [1.29, 1.82) is 0 Å². The van der Waals surface area contributed by atoms with Gasteiger partial charge >= 0.3 is 12.0 Å². The maximum atomic E-state index is 5.67. The molecule has 1 aromatic rings. The molecule has 1 saturated heterocycles. The summed E-state index contributed by atoms with van der Waals surface area (Å²) < 4.78 is 16.1.